The molecule has 2 aliphatic heterocycles. The summed E-state index contributed by atoms with van der Waals surface area (Å²) in [5.74, 6) is -7.20. The molecule has 4 aromatic carbocycles. The van der Waals surface area contributed by atoms with Gasteiger partial charge >= 0.3 is 0 Å². The third-order valence-electron chi connectivity index (χ3n) is 10.9. The number of aromatic hydroxyl groups is 1. The number of hydrogen-bond donors (Lipinski definition) is 1. The highest BCUT2D eigenvalue weighted by Crippen LogP contribution is 2.66. The molecule has 2 saturated heterocycles. The number of anilines is 2. The van der Waals surface area contributed by atoms with Crippen molar-refractivity contribution in [2.24, 2.45) is 17.8 Å². The fourth-order valence-electron chi connectivity index (χ4n) is 8.42. The van der Waals surface area contributed by atoms with Crippen molar-refractivity contribution in [3.8, 4) is 11.5 Å². The van der Waals surface area contributed by atoms with E-state index in [0.717, 1.165) is 21.9 Å². The molecule has 52 heavy (non-hydrogen) atoms. The van der Waals surface area contributed by atoms with Gasteiger partial charge in [0.15, 0.2) is 27.0 Å². The second kappa shape index (κ2) is 12.1. The second-order valence-corrected chi connectivity index (χ2v) is 14.7. The van der Waals surface area contributed by atoms with Crippen molar-refractivity contribution in [2.75, 3.05) is 16.9 Å². The molecule has 0 aromatic heterocycles. The highest BCUT2D eigenvalue weighted by atomic mass is 35.5. The minimum atomic E-state index is -2.14. The summed E-state index contributed by atoms with van der Waals surface area (Å²) in [6, 6.07) is 24.1. The Hall–Kier alpha value is -5.32. The third kappa shape index (κ3) is 4.70. The molecule has 0 radical (unpaired) electrons. The minimum Gasteiger partial charge on any atom is -0.504 e. The van der Waals surface area contributed by atoms with Gasteiger partial charge in [-0.15, -0.1) is 23.2 Å². The van der Waals surface area contributed by atoms with E-state index < -0.39 is 62.9 Å². The summed E-state index contributed by atoms with van der Waals surface area (Å²) >= 11 is 14.8. The van der Waals surface area contributed by atoms with Gasteiger partial charge in [-0.25, -0.2) is 9.29 Å². The zero-order valence-electron chi connectivity index (χ0n) is 27.5. The van der Waals surface area contributed by atoms with Crippen LogP contribution in [0.15, 0.2) is 109 Å². The highest BCUT2D eigenvalue weighted by molar-refractivity contribution is 6.58. The van der Waals surface area contributed by atoms with Crippen molar-refractivity contribution in [1.82, 2.24) is 0 Å². The lowest BCUT2D eigenvalue weighted by Crippen LogP contribution is -2.60. The number of allylic oxidation sites excluding steroid dienone is 2. The zero-order valence-corrected chi connectivity index (χ0v) is 29.0. The molecule has 4 aliphatic rings. The molecule has 0 bridgehead atoms. The Balaban J connectivity index is 1.21. The van der Waals surface area contributed by atoms with E-state index in [1.807, 2.05) is 6.07 Å². The van der Waals surface area contributed by atoms with E-state index in [2.05, 4.69) is 0 Å². The third-order valence-corrected chi connectivity index (χ3v) is 12.3. The first-order chi connectivity index (χ1) is 24.9. The number of halogens is 3. The molecule has 4 aromatic rings. The standard InChI is InChI=1S/C40H29Cl2FN2O7/c1-52-31-19-23(9-18-30(31)46)33-27-16-17-28-32(29(27)20-39(41)37(50)45(38(51)40(33,39)42)26-14-10-24(43)11-15-26)36(49)44(35(28)48)25-12-7-22(8-13-25)34(47)21-5-3-2-4-6-21/h2-16,18-19,28-29,32-33,46H,17,20H2,1H3/t28-,29+,32-,33-,39+,40-/m0/s1. The Labute approximate surface area is 307 Å². The lowest BCUT2D eigenvalue weighted by molar-refractivity contribution is -0.125. The summed E-state index contributed by atoms with van der Waals surface area (Å²) < 4.78 is 19.3. The summed E-state index contributed by atoms with van der Waals surface area (Å²) in [5.41, 5.74) is 2.16. The summed E-state index contributed by atoms with van der Waals surface area (Å²) in [7, 11) is 1.36. The van der Waals surface area contributed by atoms with E-state index in [-0.39, 0.29) is 41.5 Å². The molecular formula is C40H29Cl2FN2O7. The van der Waals surface area contributed by atoms with Crippen LogP contribution in [0, 0.1) is 23.6 Å². The highest BCUT2D eigenvalue weighted by Gasteiger charge is 2.76. The Morgan fingerprint density at radius 1 is 0.808 bits per heavy atom. The first-order valence-electron chi connectivity index (χ1n) is 16.6. The molecule has 2 heterocycles. The van der Waals surface area contributed by atoms with Crippen LogP contribution in [0.2, 0.25) is 0 Å². The Bertz CT molecular complexity index is 2230. The van der Waals surface area contributed by atoms with Gasteiger partial charge in [-0.3, -0.25) is 28.9 Å². The number of rotatable bonds is 6. The number of phenolic OH excluding ortho intramolecular Hbond substituents is 1. The number of carbonyl (C=O) groups excluding carboxylic acids is 5. The van der Waals surface area contributed by atoms with Crippen LogP contribution < -0.4 is 14.5 Å². The average Bonchev–Trinajstić information content (AvgIpc) is 3.50. The fourth-order valence-corrected chi connectivity index (χ4v) is 9.35. The molecule has 1 saturated carbocycles. The number of hydrogen-bond acceptors (Lipinski definition) is 7. The topological polar surface area (TPSA) is 121 Å². The van der Waals surface area contributed by atoms with Crippen molar-refractivity contribution in [3.05, 3.63) is 131 Å². The maximum atomic E-state index is 14.5. The van der Waals surface area contributed by atoms with Gasteiger partial charge in [0.2, 0.25) is 11.8 Å². The number of phenols is 1. The molecule has 6 atom stereocenters. The summed E-state index contributed by atoms with van der Waals surface area (Å²) in [4.78, 5) is 68.2. The Kier molecular flexibility index (Phi) is 7.89. The Morgan fingerprint density at radius 2 is 1.44 bits per heavy atom. The lowest BCUT2D eigenvalue weighted by Gasteiger charge is -2.50. The number of imide groups is 2. The number of alkyl halides is 2. The SMILES string of the molecule is COc1cc([C@H]2C3=CC[C@@H]4C(=O)N(c5ccc(C(=O)c6ccccc6)cc5)C(=O)[C@@H]4[C@@H]3C[C@@]3(Cl)C(=O)N(c4ccc(F)cc4)C(=O)[C@@]23Cl)ccc1O. The van der Waals surface area contributed by atoms with Gasteiger partial charge < -0.3 is 9.84 Å². The van der Waals surface area contributed by atoms with Crippen molar-refractivity contribution in [1.29, 1.82) is 0 Å². The summed E-state index contributed by atoms with van der Waals surface area (Å²) in [5, 5.41) is 10.4. The fraction of sp³-hybridized carbons (Fsp3) is 0.225. The number of ketones is 1. The maximum absolute atomic E-state index is 14.5. The van der Waals surface area contributed by atoms with Gasteiger partial charge in [-0.2, -0.15) is 0 Å². The van der Waals surface area contributed by atoms with E-state index in [1.54, 1.807) is 60.7 Å². The average molecular weight is 740 g/mol. The minimum absolute atomic E-state index is 0.0650. The van der Waals surface area contributed by atoms with Crippen LogP contribution in [0.5, 0.6) is 11.5 Å². The van der Waals surface area contributed by atoms with Gasteiger partial charge in [-0.05, 0) is 85.0 Å². The van der Waals surface area contributed by atoms with E-state index in [9.17, 15) is 33.5 Å². The van der Waals surface area contributed by atoms with E-state index >= 15 is 0 Å². The molecule has 262 valence electrons. The van der Waals surface area contributed by atoms with Crippen LogP contribution >= 0.6 is 23.2 Å². The van der Waals surface area contributed by atoms with Crippen molar-refractivity contribution < 1.29 is 38.2 Å². The number of methoxy groups -OCH3 is 1. The number of amides is 4. The van der Waals surface area contributed by atoms with E-state index in [4.69, 9.17) is 27.9 Å². The molecule has 12 heteroatoms. The van der Waals surface area contributed by atoms with Gasteiger partial charge in [0.05, 0.1) is 30.3 Å². The normalized spacial score (nSPS) is 28.0. The smallest absolute Gasteiger partial charge is 0.258 e. The number of nitrogens with zero attached hydrogens (tertiary/aromatic N) is 2. The predicted molar refractivity (Wildman–Crippen MR) is 190 cm³/mol. The Morgan fingerprint density at radius 3 is 2.12 bits per heavy atom. The molecule has 2 aliphatic carbocycles. The number of ether oxygens (including phenoxy) is 1. The molecule has 9 nitrogen and oxygen atoms in total. The first-order valence-corrected chi connectivity index (χ1v) is 17.3. The van der Waals surface area contributed by atoms with Gasteiger partial charge in [0.1, 0.15) is 5.82 Å². The summed E-state index contributed by atoms with van der Waals surface area (Å²) in [6.07, 6.45) is 1.68. The molecule has 4 amide bonds. The molecule has 0 unspecified atom stereocenters. The van der Waals surface area contributed by atoms with E-state index in [0.29, 0.717) is 22.3 Å². The van der Waals surface area contributed by atoms with E-state index in [1.165, 1.54) is 31.4 Å². The predicted octanol–water partition coefficient (Wildman–Crippen LogP) is 6.54. The zero-order chi connectivity index (χ0) is 36.7. The monoisotopic (exact) mass is 738 g/mol. The van der Waals surface area contributed by atoms with Crippen LogP contribution in [-0.4, -0.2) is 51.4 Å². The van der Waals surface area contributed by atoms with Gasteiger partial charge in [0, 0.05) is 17.0 Å². The maximum Gasteiger partial charge on any atom is 0.258 e. The second-order valence-electron chi connectivity index (χ2n) is 13.4. The lowest BCUT2D eigenvalue weighted by atomic mass is 9.56. The quantitative estimate of drug-likeness (QED) is 0.103. The number of fused-ring (bicyclic) bond motifs is 4. The van der Waals surface area contributed by atoms with Crippen LogP contribution in [0.3, 0.4) is 0 Å². The van der Waals surface area contributed by atoms with Crippen LogP contribution in [0.25, 0.3) is 0 Å². The van der Waals surface area contributed by atoms with Crippen molar-refractivity contribution >= 4 is 64.0 Å². The molecule has 1 N–H and O–H groups in total. The van der Waals surface area contributed by atoms with Gasteiger partial charge in [0.25, 0.3) is 11.8 Å². The van der Waals surface area contributed by atoms with Gasteiger partial charge in [-0.1, -0.05) is 48.0 Å². The summed E-state index contributed by atoms with van der Waals surface area (Å²) in [6.45, 7) is 0. The molecule has 3 fully saturated rings. The van der Waals surface area contributed by atoms with Crippen molar-refractivity contribution in [3.63, 3.8) is 0 Å². The first kappa shape index (κ1) is 33.8. The van der Waals surface area contributed by atoms with Crippen LogP contribution in [0.1, 0.15) is 40.2 Å². The molecule has 0 spiro atoms. The van der Waals surface area contributed by atoms with Crippen molar-refractivity contribution in [2.45, 2.75) is 28.5 Å². The van der Waals surface area contributed by atoms with Crippen LogP contribution in [0.4, 0.5) is 15.8 Å². The largest absolute Gasteiger partial charge is 0.504 e. The number of carbonyl (C=O) groups is 5. The van der Waals surface area contributed by atoms with Crippen LogP contribution in [-0.2, 0) is 19.2 Å². The molecular weight excluding hydrogens is 710 g/mol. The molecule has 8 rings (SSSR count). The number of benzene rings is 4.